The number of allylic oxidation sites excluding steroid dienone is 1. The second-order valence-electron chi connectivity index (χ2n) is 6.26. The molecule has 17 heavy (non-hydrogen) atoms. The normalized spacial score (nSPS) is 31.5. The van der Waals surface area contributed by atoms with Crippen LogP contribution in [0.4, 0.5) is 0 Å². The summed E-state index contributed by atoms with van der Waals surface area (Å²) in [6.07, 6.45) is 5.07. The van der Waals surface area contributed by atoms with Crippen LogP contribution >= 0.6 is 0 Å². The van der Waals surface area contributed by atoms with Gasteiger partial charge < -0.3 is 5.11 Å². The van der Waals surface area contributed by atoms with E-state index in [0.717, 1.165) is 12.8 Å². The van der Waals surface area contributed by atoms with Gasteiger partial charge in [-0.3, -0.25) is 0 Å². The third-order valence-electron chi connectivity index (χ3n) is 4.20. The molecular weight excluding hydrogens is 208 g/mol. The van der Waals surface area contributed by atoms with Gasteiger partial charge >= 0.3 is 0 Å². The molecule has 0 spiro atoms. The summed E-state index contributed by atoms with van der Waals surface area (Å²) in [5.74, 6) is 1.19. The predicted octanol–water partition coefficient (Wildman–Crippen LogP) is 4.33. The molecule has 1 aliphatic carbocycles. The van der Waals surface area contributed by atoms with E-state index in [1.54, 1.807) is 0 Å². The van der Waals surface area contributed by atoms with Crippen LogP contribution in [0.15, 0.2) is 23.8 Å². The van der Waals surface area contributed by atoms with E-state index < -0.39 is 5.60 Å². The van der Waals surface area contributed by atoms with Gasteiger partial charge in [0.2, 0.25) is 0 Å². The quantitative estimate of drug-likeness (QED) is 0.723. The van der Waals surface area contributed by atoms with Gasteiger partial charge in [-0.1, -0.05) is 32.4 Å². The van der Waals surface area contributed by atoms with Gasteiger partial charge in [0, 0.05) is 5.92 Å². The van der Waals surface area contributed by atoms with Crippen LogP contribution in [0, 0.1) is 17.8 Å². The van der Waals surface area contributed by atoms with Gasteiger partial charge in [0.15, 0.2) is 0 Å². The summed E-state index contributed by atoms with van der Waals surface area (Å²) in [7, 11) is 0. The highest BCUT2D eigenvalue weighted by atomic mass is 16.3. The number of hydrogen-bond acceptors (Lipinski definition) is 1. The maximum atomic E-state index is 11.2. The molecule has 0 radical (unpaired) electrons. The van der Waals surface area contributed by atoms with Gasteiger partial charge in [-0.05, 0) is 50.5 Å². The first-order chi connectivity index (χ1) is 7.82. The van der Waals surface area contributed by atoms with Crippen LogP contribution in [0.2, 0.25) is 0 Å². The molecule has 1 nitrogen and oxygen atoms in total. The van der Waals surface area contributed by atoms with Crippen LogP contribution in [0.5, 0.6) is 0 Å². The van der Waals surface area contributed by atoms with E-state index in [4.69, 9.17) is 0 Å². The van der Waals surface area contributed by atoms with Gasteiger partial charge in [0.1, 0.15) is 0 Å². The Hall–Kier alpha value is -0.560. The molecule has 1 N–H and O–H groups in total. The summed E-state index contributed by atoms with van der Waals surface area (Å²) < 4.78 is 0. The van der Waals surface area contributed by atoms with E-state index >= 15 is 0 Å². The zero-order chi connectivity index (χ0) is 13.2. The van der Waals surface area contributed by atoms with Crippen LogP contribution < -0.4 is 0 Å². The Kier molecular flexibility index (Phi) is 4.60. The van der Waals surface area contributed by atoms with E-state index in [0.29, 0.717) is 11.8 Å². The third-order valence-corrected chi connectivity index (χ3v) is 4.20. The zero-order valence-electron chi connectivity index (χ0n) is 12.1. The van der Waals surface area contributed by atoms with E-state index in [1.165, 1.54) is 17.6 Å². The Morgan fingerprint density at radius 1 is 1.47 bits per heavy atom. The molecule has 1 saturated carbocycles. The largest absolute Gasteiger partial charge is 0.385 e. The molecule has 0 amide bonds. The second kappa shape index (κ2) is 5.39. The lowest BCUT2D eigenvalue weighted by molar-refractivity contribution is -0.0188. The van der Waals surface area contributed by atoms with Crippen LogP contribution in [-0.2, 0) is 0 Å². The fraction of sp³-hybridized carbons (Fsp3) is 0.750. The smallest absolute Gasteiger partial charge is 0.0926 e. The number of rotatable bonds is 3. The minimum absolute atomic E-state index is 0.162. The minimum Gasteiger partial charge on any atom is -0.385 e. The van der Waals surface area contributed by atoms with Crippen molar-refractivity contribution in [1.82, 2.24) is 0 Å². The third kappa shape index (κ3) is 2.82. The molecule has 1 fully saturated rings. The maximum absolute atomic E-state index is 11.2. The minimum atomic E-state index is -0.660. The van der Waals surface area contributed by atoms with Crippen molar-refractivity contribution in [2.45, 2.75) is 59.5 Å². The lowest BCUT2D eigenvalue weighted by atomic mass is 9.65. The maximum Gasteiger partial charge on any atom is 0.0926 e. The first kappa shape index (κ1) is 14.5. The molecule has 0 bridgehead atoms. The standard InChI is InChI=1S/C16H28O/c1-7-14(11(2)3)16(17)10-13(6)8-9-15(16)12(4)5/h7,11,13-14,17H,1,8-10H2,2-6H3/t13-,14+,16+/m1/s1. The number of aliphatic hydroxyl groups is 1. The van der Waals surface area contributed by atoms with Crippen molar-refractivity contribution in [2.75, 3.05) is 0 Å². The summed E-state index contributed by atoms with van der Waals surface area (Å²) in [6.45, 7) is 14.8. The Bertz CT molecular complexity index is 309. The summed E-state index contributed by atoms with van der Waals surface area (Å²) >= 11 is 0. The molecule has 0 aromatic heterocycles. The predicted molar refractivity (Wildman–Crippen MR) is 74.9 cm³/mol. The van der Waals surface area contributed by atoms with Crippen molar-refractivity contribution in [2.24, 2.45) is 17.8 Å². The SMILES string of the molecule is C=C[C@@H](C(C)C)[C@@]1(O)C[C@H](C)CCC1=C(C)C. The molecule has 98 valence electrons. The van der Waals surface area contributed by atoms with Crippen molar-refractivity contribution >= 4 is 0 Å². The van der Waals surface area contributed by atoms with Crippen LogP contribution in [0.25, 0.3) is 0 Å². The Balaban J connectivity index is 3.17. The van der Waals surface area contributed by atoms with Crippen LogP contribution in [0.3, 0.4) is 0 Å². The van der Waals surface area contributed by atoms with Gasteiger partial charge in [0.25, 0.3) is 0 Å². The zero-order valence-corrected chi connectivity index (χ0v) is 12.1. The van der Waals surface area contributed by atoms with Gasteiger partial charge in [-0.25, -0.2) is 0 Å². The molecule has 1 rings (SSSR count). The average Bonchev–Trinajstić information content (AvgIpc) is 2.16. The van der Waals surface area contributed by atoms with E-state index in [9.17, 15) is 5.11 Å². The van der Waals surface area contributed by atoms with Crippen molar-refractivity contribution in [3.05, 3.63) is 23.8 Å². The lowest BCUT2D eigenvalue weighted by Crippen LogP contribution is -2.45. The van der Waals surface area contributed by atoms with Crippen molar-refractivity contribution in [3.8, 4) is 0 Å². The van der Waals surface area contributed by atoms with E-state index in [1.807, 2.05) is 6.08 Å². The highest BCUT2D eigenvalue weighted by Crippen LogP contribution is 2.45. The van der Waals surface area contributed by atoms with Gasteiger partial charge in [-0.15, -0.1) is 6.58 Å². The van der Waals surface area contributed by atoms with Crippen molar-refractivity contribution in [1.29, 1.82) is 0 Å². The summed E-state index contributed by atoms with van der Waals surface area (Å²) in [4.78, 5) is 0. The van der Waals surface area contributed by atoms with Crippen LogP contribution in [-0.4, -0.2) is 10.7 Å². The summed E-state index contributed by atoms with van der Waals surface area (Å²) in [5.41, 5.74) is 1.88. The van der Waals surface area contributed by atoms with Gasteiger partial charge in [0.05, 0.1) is 5.60 Å². The molecule has 1 aliphatic rings. The summed E-state index contributed by atoms with van der Waals surface area (Å²) in [6, 6.07) is 0. The summed E-state index contributed by atoms with van der Waals surface area (Å²) in [5, 5.41) is 11.2. The molecule has 0 aliphatic heterocycles. The fourth-order valence-corrected chi connectivity index (χ4v) is 3.40. The van der Waals surface area contributed by atoms with Gasteiger partial charge in [-0.2, -0.15) is 0 Å². The first-order valence-electron chi connectivity index (χ1n) is 6.84. The first-order valence-corrected chi connectivity index (χ1v) is 6.84. The van der Waals surface area contributed by atoms with Crippen LogP contribution in [0.1, 0.15) is 53.9 Å². The molecule has 1 heteroatoms. The Morgan fingerprint density at radius 3 is 2.47 bits per heavy atom. The van der Waals surface area contributed by atoms with Crippen molar-refractivity contribution < 1.29 is 5.11 Å². The highest BCUT2D eigenvalue weighted by Gasteiger charge is 2.43. The Morgan fingerprint density at radius 2 is 2.06 bits per heavy atom. The molecule has 0 heterocycles. The molecule has 0 aromatic rings. The lowest BCUT2D eigenvalue weighted by Gasteiger charge is -2.45. The average molecular weight is 236 g/mol. The molecular formula is C16H28O. The fourth-order valence-electron chi connectivity index (χ4n) is 3.40. The monoisotopic (exact) mass is 236 g/mol. The van der Waals surface area contributed by atoms with E-state index in [-0.39, 0.29) is 5.92 Å². The molecule has 3 atom stereocenters. The molecule has 0 aromatic carbocycles. The van der Waals surface area contributed by atoms with E-state index in [2.05, 4.69) is 41.2 Å². The second-order valence-corrected chi connectivity index (χ2v) is 6.26. The molecule has 0 saturated heterocycles. The topological polar surface area (TPSA) is 20.2 Å². The number of hydrogen-bond donors (Lipinski definition) is 1. The van der Waals surface area contributed by atoms with Crippen molar-refractivity contribution in [3.63, 3.8) is 0 Å². The highest BCUT2D eigenvalue weighted by molar-refractivity contribution is 5.27. The molecule has 0 unspecified atom stereocenters. The Labute approximate surface area is 107 Å².